The van der Waals surface area contributed by atoms with E-state index in [2.05, 4.69) is 27.6 Å². The Morgan fingerprint density at radius 1 is 1.07 bits per heavy atom. The van der Waals surface area contributed by atoms with Crippen molar-refractivity contribution in [3.63, 3.8) is 0 Å². The molecule has 1 N–H and O–H groups in total. The van der Waals surface area contributed by atoms with E-state index in [9.17, 15) is 0 Å². The van der Waals surface area contributed by atoms with Crippen molar-refractivity contribution in [3.05, 3.63) is 30.0 Å². The minimum atomic E-state index is 0.691. The van der Waals surface area contributed by atoms with Crippen LogP contribution in [0.25, 0.3) is 11.3 Å². The Hall–Kier alpha value is -2.09. The average Bonchev–Trinajstić information content (AvgIpc) is 2.94. The molecule has 1 aromatic carbocycles. The van der Waals surface area contributed by atoms with Gasteiger partial charge in [-0.2, -0.15) is 5.10 Å². The molecule has 4 rings (SSSR count). The number of aromatic nitrogens is 2. The third-order valence-electron chi connectivity index (χ3n) is 5.17. The molecular weight excluding hydrogens is 356 g/mol. The summed E-state index contributed by atoms with van der Waals surface area (Å²) in [6.45, 7) is 8.15. The maximum absolute atomic E-state index is 5.84. The highest BCUT2D eigenvalue weighted by molar-refractivity contribution is 5.66. The first-order valence-corrected chi connectivity index (χ1v) is 10.2. The molecule has 28 heavy (non-hydrogen) atoms. The zero-order chi connectivity index (χ0) is 19.2. The second kappa shape index (κ2) is 9.41. The maximum Gasteiger partial charge on any atom is 0.161 e. The van der Waals surface area contributed by atoms with Crippen LogP contribution in [0, 0.1) is 0 Å². The molecule has 0 bridgehead atoms. The van der Waals surface area contributed by atoms with Gasteiger partial charge in [0, 0.05) is 50.4 Å². The van der Waals surface area contributed by atoms with Gasteiger partial charge in [-0.3, -0.25) is 9.58 Å². The van der Waals surface area contributed by atoms with Crippen molar-refractivity contribution in [2.24, 2.45) is 7.05 Å². The zero-order valence-electron chi connectivity index (χ0n) is 16.7. The molecule has 0 amide bonds. The summed E-state index contributed by atoms with van der Waals surface area (Å²) in [6.07, 6.45) is 4.14. The van der Waals surface area contributed by atoms with Crippen LogP contribution in [0.3, 0.4) is 0 Å². The van der Waals surface area contributed by atoms with E-state index in [1.54, 1.807) is 0 Å². The standard InChI is InChI=1S/C21H30N4O3/c1-24-16-18(15-22-6-2-7-25-8-12-26-13-9-25)21(23-24)17-4-5-19-20(14-17)28-11-3-10-27-19/h4-5,14,16,22H,2-3,6-13,15H2,1H3. The number of aryl methyl sites for hydroxylation is 1. The van der Waals surface area contributed by atoms with Crippen molar-refractivity contribution in [1.82, 2.24) is 20.0 Å². The van der Waals surface area contributed by atoms with Crippen LogP contribution in [0.5, 0.6) is 11.5 Å². The molecule has 2 aliphatic heterocycles. The van der Waals surface area contributed by atoms with Crippen LogP contribution in [0.2, 0.25) is 0 Å². The minimum Gasteiger partial charge on any atom is -0.490 e. The molecule has 1 fully saturated rings. The quantitative estimate of drug-likeness (QED) is 0.735. The number of nitrogens with zero attached hydrogens (tertiary/aromatic N) is 3. The summed E-state index contributed by atoms with van der Waals surface area (Å²) in [5, 5.41) is 8.25. The monoisotopic (exact) mass is 386 g/mol. The molecule has 0 atom stereocenters. The number of hydrogen-bond acceptors (Lipinski definition) is 6. The van der Waals surface area contributed by atoms with Gasteiger partial charge in [0.2, 0.25) is 0 Å². The number of hydrogen-bond donors (Lipinski definition) is 1. The van der Waals surface area contributed by atoms with Crippen LogP contribution in [0.15, 0.2) is 24.4 Å². The summed E-state index contributed by atoms with van der Waals surface area (Å²) in [4.78, 5) is 2.47. The van der Waals surface area contributed by atoms with Gasteiger partial charge in [-0.05, 0) is 37.7 Å². The molecule has 0 aliphatic carbocycles. The van der Waals surface area contributed by atoms with Gasteiger partial charge in [-0.15, -0.1) is 0 Å². The Kier molecular flexibility index (Phi) is 6.46. The summed E-state index contributed by atoms with van der Waals surface area (Å²) in [5.41, 5.74) is 3.26. The Balaban J connectivity index is 1.35. The van der Waals surface area contributed by atoms with Crippen molar-refractivity contribution in [2.75, 3.05) is 52.6 Å². The predicted molar refractivity (Wildman–Crippen MR) is 108 cm³/mol. The van der Waals surface area contributed by atoms with E-state index >= 15 is 0 Å². The molecule has 7 heteroatoms. The molecule has 0 unspecified atom stereocenters. The normalized spacial score (nSPS) is 17.5. The summed E-state index contributed by atoms with van der Waals surface area (Å²) in [7, 11) is 1.97. The van der Waals surface area contributed by atoms with E-state index < -0.39 is 0 Å². The van der Waals surface area contributed by atoms with Crippen molar-refractivity contribution < 1.29 is 14.2 Å². The van der Waals surface area contributed by atoms with E-state index in [1.807, 2.05) is 23.9 Å². The number of fused-ring (bicyclic) bond motifs is 1. The van der Waals surface area contributed by atoms with Gasteiger partial charge < -0.3 is 19.5 Å². The fourth-order valence-electron chi connectivity index (χ4n) is 3.70. The average molecular weight is 386 g/mol. The Morgan fingerprint density at radius 3 is 2.75 bits per heavy atom. The first-order chi connectivity index (χ1) is 13.8. The third-order valence-corrected chi connectivity index (χ3v) is 5.17. The molecular formula is C21H30N4O3. The minimum absolute atomic E-state index is 0.691. The van der Waals surface area contributed by atoms with Crippen LogP contribution in [-0.4, -0.2) is 67.3 Å². The fourth-order valence-corrected chi connectivity index (χ4v) is 3.70. The topological polar surface area (TPSA) is 60.8 Å². The summed E-state index contributed by atoms with van der Waals surface area (Å²) in [5.74, 6) is 1.63. The Morgan fingerprint density at radius 2 is 1.89 bits per heavy atom. The lowest BCUT2D eigenvalue weighted by Gasteiger charge is -2.26. The van der Waals surface area contributed by atoms with Gasteiger partial charge in [0.1, 0.15) is 0 Å². The molecule has 2 aliphatic rings. The van der Waals surface area contributed by atoms with Crippen molar-refractivity contribution >= 4 is 0 Å². The Labute approximate surface area is 166 Å². The van der Waals surface area contributed by atoms with E-state index in [1.165, 1.54) is 5.56 Å². The smallest absolute Gasteiger partial charge is 0.161 e. The summed E-state index contributed by atoms with van der Waals surface area (Å²) < 4.78 is 18.9. The van der Waals surface area contributed by atoms with E-state index in [4.69, 9.17) is 14.2 Å². The molecule has 0 radical (unpaired) electrons. The number of rotatable bonds is 7. The highest BCUT2D eigenvalue weighted by Crippen LogP contribution is 2.34. The van der Waals surface area contributed by atoms with Gasteiger partial charge in [0.15, 0.2) is 11.5 Å². The second-order valence-corrected chi connectivity index (χ2v) is 7.37. The van der Waals surface area contributed by atoms with Gasteiger partial charge in [-0.1, -0.05) is 0 Å². The van der Waals surface area contributed by atoms with Crippen LogP contribution < -0.4 is 14.8 Å². The van der Waals surface area contributed by atoms with E-state index in [-0.39, 0.29) is 0 Å². The largest absolute Gasteiger partial charge is 0.490 e. The van der Waals surface area contributed by atoms with E-state index in [0.29, 0.717) is 13.2 Å². The van der Waals surface area contributed by atoms with Crippen molar-refractivity contribution in [3.8, 4) is 22.8 Å². The number of ether oxygens (including phenoxy) is 3. The number of morpholine rings is 1. The summed E-state index contributed by atoms with van der Waals surface area (Å²) in [6, 6.07) is 6.10. The molecule has 2 aromatic rings. The molecule has 1 saturated heterocycles. The molecule has 0 saturated carbocycles. The first kappa shape index (κ1) is 19.2. The number of nitrogens with one attached hydrogen (secondary N) is 1. The fraction of sp³-hybridized carbons (Fsp3) is 0.571. The lowest BCUT2D eigenvalue weighted by Crippen LogP contribution is -2.37. The number of benzene rings is 1. The molecule has 1 aromatic heterocycles. The first-order valence-electron chi connectivity index (χ1n) is 10.2. The van der Waals surface area contributed by atoms with Gasteiger partial charge >= 0.3 is 0 Å². The van der Waals surface area contributed by atoms with Crippen LogP contribution >= 0.6 is 0 Å². The van der Waals surface area contributed by atoms with Crippen molar-refractivity contribution in [1.29, 1.82) is 0 Å². The van der Waals surface area contributed by atoms with Gasteiger partial charge in [0.05, 0.1) is 32.1 Å². The zero-order valence-corrected chi connectivity index (χ0v) is 16.7. The Bertz CT molecular complexity index is 771. The summed E-state index contributed by atoms with van der Waals surface area (Å²) >= 11 is 0. The third kappa shape index (κ3) is 4.84. The second-order valence-electron chi connectivity index (χ2n) is 7.37. The lowest BCUT2D eigenvalue weighted by atomic mass is 10.1. The molecule has 7 nitrogen and oxygen atoms in total. The van der Waals surface area contributed by atoms with Crippen molar-refractivity contribution in [2.45, 2.75) is 19.4 Å². The van der Waals surface area contributed by atoms with Crippen LogP contribution in [0.1, 0.15) is 18.4 Å². The molecule has 3 heterocycles. The maximum atomic E-state index is 5.84. The highest BCUT2D eigenvalue weighted by Gasteiger charge is 2.15. The van der Waals surface area contributed by atoms with Gasteiger partial charge in [0.25, 0.3) is 0 Å². The van der Waals surface area contributed by atoms with Crippen LogP contribution in [0.4, 0.5) is 0 Å². The van der Waals surface area contributed by atoms with Gasteiger partial charge in [-0.25, -0.2) is 0 Å². The highest BCUT2D eigenvalue weighted by atomic mass is 16.5. The SMILES string of the molecule is Cn1cc(CNCCCN2CCOCC2)c(-c2ccc3c(c2)OCCCO3)n1. The lowest BCUT2D eigenvalue weighted by molar-refractivity contribution is 0.0374. The molecule has 0 spiro atoms. The predicted octanol–water partition coefficient (Wildman–Crippen LogP) is 2.06. The van der Waals surface area contributed by atoms with Crippen LogP contribution in [-0.2, 0) is 18.3 Å². The van der Waals surface area contributed by atoms with E-state index in [0.717, 1.165) is 81.5 Å². The molecule has 152 valence electrons.